The standard InChI is InChI=1S/C66H128O17P2/c1-9-59(8)45-37-29-22-25-31-39-47-64(69)77-53-62(83-66(71)49-41-33-24-21-28-36-44-58(6)7)55-81-85(74,75)79-51-60(67)50-78-84(72,73)80-54-61(82-65(70)48-40-32-23-20-27-35-43-57(4)5)52-76-63(68)46-38-30-19-17-15-13-11-10-12-14-16-18-26-34-42-56(2)3/h56-62,67H,9-55H2,1-8H3,(H,72,73)(H,74,75)/t59?,60-,61-,62-/m1/s1. The fourth-order valence-corrected chi connectivity index (χ4v) is 11.3. The lowest BCUT2D eigenvalue weighted by molar-refractivity contribution is -0.161. The van der Waals surface area contributed by atoms with Gasteiger partial charge >= 0.3 is 39.5 Å². The van der Waals surface area contributed by atoms with E-state index in [4.69, 9.17) is 37.0 Å². The second kappa shape index (κ2) is 56.1. The molecular weight excluding hydrogens is 1130 g/mol. The number of esters is 4. The molecule has 0 heterocycles. The van der Waals surface area contributed by atoms with Gasteiger partial charge in [-0.05, 0) is 49.4 Å². The molecule has 19 heteroatoms. The predicted molar refractivity (Wildman–Crippen MR) is 340 cm³/mol. The maximum atomic E-state index is 13.0. The number of carbonyl (C=O) groups is 4. The molecule has 0 saturated heterocycles. The molecule has 0 amide bonds. The van der Waals surface area contributed by atoms with Crippen LogP contribution in [0.3, 0.4) is 0 Å². The Morgan fingerprint density at radius 1 is 0.329 bits per heavy atom. The van der Waals surface area contributed by atoms with Crippen LogP contribution in [0.1, 0.15) is 319 Å². The topological polar surface area (TPSA) is 237 Å². The van der Waals surface area contributed by atoms with Crippen LogP contribution in [0.2, 0.25) is 0 Å². The molecule has 0 saturated carbocycles. The largest absolute Gasteiger partial charge is 0.472 e. The fourth-order valence-electron chi connectivity index (χ4n) is 9.75. The van der Waals surface area contributed by atoms with Crippen molar-refractivity contribution in [1.29, 1.82) is 0 Å². The number of aliphatic hydroxyl groups excluding tert-OH is 1. The molecule has 0 aliphatic carbocycles. The Balaban J connectivity index is 5.17. The lowest BCUT2D eigenvalue weighted by Crippen LogP contribution is -2.30. The summed E-state index contributed by atoms with van der Waals surface area (Å²) in [5.41, 5.74) is 0. The first-order chi connectivity index (χ1) is 40.6. The van der Waals surface area contributed by atoms with Crippen molar-refractivity contribution in [1.82, 2.24) is 0 Å². The first kappa shape index (κ1) is 83.1. The van der Waals surface area contributed by atoms with E-state index in [1.165, 1.54) is 116 Å². The van der Waals surface area contributed by atoms with Crippen LogP contribution in [-0.4, -0.2) is 96.7 Å². The van der Waals surface area contributed by atoms with Gasteiger partial charge in [0.25, 0.3) is 0 Å². The highest BCUT2D eigenvalue weighted by Crippen LogP contribution is 2.45. The van der Waals surface area contributed by atoms with E-state index in [1.807, 2.05) is 0 Å². The zero-order valence-corrected chi connectivity index (χ0v) is 57.0. The van der Waals surface area contributed by atoms with Gasteiger partial charge in [-0.2, -0.15) is 0 Å². The number of unbranched alkanes of at least 4 members (excludes halogenated alkanes) is 28. The summed E-state index contributed by atoms with van der Waals surface area (Å²) >= 11 is 0. The third-order valence-corrected chi connectivity index (χ3v) is 17.3. The molecule has 504 valence electrons. The molecule has 3 N–H and O–H groups in total. The summed E-state index contributed by atoms with van der Waals surface area (Å²) < 4.78 is 68.0. The second-order valence-electron chi connectivity index (χ2n) is 25.5. The summed E-state index contributed by atoms with van der Waals surface area (Å²) in [6.45, 7) is 13.9. The minimum atomic E-state index is -4.95. The highest BCUT2D eigenvalue weighted by Gasteiger charge is 2.30. The molecule has 17 nitrogen and oxygen atoms in total. The van der Waals surface area contributed by atoms with Gasteiger partial charge < -0.3 is 33.8 Å². The van der Waals surface area contributed by atoms with Crippen molar-refractivity contribution < 1.29 is 80.2 Å². The van der Waals surface area contributed by atoms with Gasteiger partial charge in [-0.25, -0.2) is 9.13 Å². The first-order valence-corrected chi connectivity index (χ1v) is 37.2. The van der Waals surface area contributed by atoms with Crippen molar-refractivity contribution in [2.45, 2.75) is 337 Å². The number of hydrogen-bond acceptors (Lipinski definition) is 15. The normalized spacial score (nSPS) is 14.7. The Hall–Kier alpha value is -1.94. The quantitative estimate of drug-likeness (QED) is 0.0222. The fraction of sp³-hybridized carbons (Fsp3) is 0.939. The van der Waals surface area contributed by atoms with Crippen LogP contribution in [0, 0.1) is 23.7 Å². The van der Waals surface area contributed by atoms with Gasteiger partial charge in [0.05, 0.1) is 26.4 Å². The second-order valence-corrected chi connectivity index (χ2v) is 28.4. The third-order valence-electron chi connectivity index (χ3n) is 15.4. The highest BCUT2D eigenvalue weighted by atomic mass is 31.2. The molecule has 85 heavy (non-hydrogen) atoms. The third kappa shape index (κ3) is 59.5. The first-order valence-electron chi connectivity index (χ1n) is 34.2. The number of phosphoric acid groups is 2. The average molecular weight is 1260 g/mol. The molecule has 0 spiro atoms. The van der Waals surface area contributed by atoms with E-state index < -0.39 is 97.5 Å². The van der Waals surface area contributed by atoms with Crippen molar-refractivity contribution in [2.75, 3.05) is 39.6 Å². The zero-order valence-electron chi connectivity index (χ0n) is 55.2. The van der Waals surface area contributed by atoms with Crippen molar-refractivity contribution in [2.24, 2.45) is 23.7 Å². The van der Waals surface area contributed by atoms with Crippen molar-refractivity contribution in [3.8, 4) is 0 Å². The van der Waals surface area contributed by atoms with Gasteiger partial charge in [0.15, 0.2) is 12.2 Å². The minimum absolute atomic E-state index is 0.100. The molecule has 0 aromatic rings. The summed E-state index contributed by atoms with van der Waals surface area (Å²) in [5.74, 6) is 0.724. The molecular formula is C66H128O17P2. The number of rotatable bonds is 63. The van der Waals surface area contributed by atoms with E-state index in [2.05, 4.69) is 55.4 Å². The average Bonchev–Trinajstić information content (AvgIpc) is 3.54. The Labute approximate surface area is 517 Å². The molecule has 0 bridgehead atoms. The van der Waals surface area contributed by atoms with Gasteiger partial charge in [-0.15, -0.1) is 0 Å². The highest BCUT2D eigenvalue weighted by molar-refractivity contribution is 7.47. The van der Waals surface area contributed by atoms with Crippen molar-refractivity contribution in [3.63, 3.8) is 0 Å². The van der Waals surface area contributed by atoms with Crippen LogP contribution in [0.4, 0.5) is 0 Å². The molecule has 0 aromatic heterocycles. The lowest BCUT2D eigenvalue weighted by Gasteiger charge is -2.21. The Bertz CT molecular complexity index is 1700. The maximum absolute atomic E-state index is 13.0. The number of carbonyl (C=O) groups excluding carboxylic acids is 4. The maximum Gasteiger partial charge on any atom is 0.472 e. The van der Waals surface area contributed by atoms with E-state index in [9.17, 15) is 43.2 Å². The summed E-state index contributed by atoms with van der Waals surface area (Å²) in [4.78, 5) is 72.2. The molecule has 0 aliphatic heterocycles. The molecule has 0 fully saturated rings. The van der Waals surface area contributed by atoms with E-state index >= 15 is 0 Å². The SMILES string of the molecule is CCC(C)CCCCCCCCC(=O)OC[C@H](COP(=O)(O)OC[C@H](O)COP(=O)(O)OC[C@@H](COC(=O)CCCCCCCCCCCCCCCCC(C)C)OC(=O)CCCCCCCCC(C)C)OC(=O)CCCCCCCCC(C)C. The van der Waals surface area contributed by atoms with E-state index in [0.717, 1.165) is 108 Å². The van der Waals surface area contributed by atoms with Crippen LogP contribution < -0.4 is 0 Å². The zero-order chi connectivity index (χ0) is 63.2. The minimum Gasteiger partial charge on any atom is -0.462 e. The van der Waals surface area contributed by atoms with Crippen LogP contribution in [0.25, 0.3) is 0 Å². The lowest BCUT2D eigenvalue weighted by atomic mass is 10.00. The van der Waals surface area contributed by atoms with Crippen LogP contribution in [0.15, 0.2) is 0 Å². The van der Waals surface area contributed by atoms with Crippen LogP contribution in [0.5, 0.6) is 0 Å². The van der Waals surface area contributed by atoms with E-state index in [1.54, 1.807) is 0 Å². The number of hydrogen-bond donors (Lipinski definition) is 3. The van der Waals surface area contributed by atoms with Gasteiger partial charge in [0, 0.05) is 25.7 Å². The smallest absolute Gasteiger partial charge is 0.462 e. The Morgan fingerprint density at radius 3 is 0.835 bits per heavy atom. The van der Waals surface area contributed by atoms with Gasteiger partial charge in [-0.3, -0.25) is 37.3 Å². The summed E-state index contributed by atoms with van der Waals surface area (Å²) in [6, 6.07) is 0. The number of ether oxygens (including phenoxy) is 4. The van der Waals surface area contributed by atoms with Crippen molar-refractivity contribution >= 4 is 39.5 Å². The Morgan fingerprint density at radius 2 is 0.565 bits per heavy atom. The van der Waals surface area contributed by atoms with Gasteiger partial charge in [-0.1, -0.05) is 267 Å². The molecule has 0 aromatic carbocycles. The van der Waals surface area contributed by atoms with Crippen molar-refractivity contribution in [3.05, 3.63) is 0 Å². The summed E-state index contributed by atoms with van der Waals surface area (Å²) in [7, 11) is -9.89. The Kier molecular flexibility index (Phi) is 54.8. The molecule has 3 unspecified atom stereocenters. The summed E-state index contributed by atoms with van der Waals surface area (Å²) in [5, 5.41) is 10.5. The summed E-state index contributed by atoms with van der Waals surface area (Å²) in [6.07, 6.45) is 36.6. The molecule has 6 atom stereocenters. The van der Waals surface area contributed by atoms with Gasteiger partial charge in [0.2, 0.25) is 0 Å². The van der Waals surface area contributed by atoms with Crippen LogP contribution >= 0.6 is 15.6 Å². The predicted octanol–water partition coefficient (Wildman–Crippen LogP) is 18.1. The van der Waals surface area contributed by atoms with Crippen LogP contribution in [-0.2, 0) is 65.4 Å². The molecule has 0 radical (unpaired) electrons. The van der Waals surface area contributed by atoms with E-state index in [-0.39, 0.29) is 25.7 Å². The molecule has 0 aliphatic rings. The molecule has 0 rings (SSSR count). The monoisotopic (exact) mass is 1250 g/mol. The van der Waals surface area contributed by atoms with Gasteiger partial charge in [0.1, 0.15) is 19.3 Å². The number of phosphoric ester groups is 2. The number of aliphatic hydroxyl groups is 1. The van der Waals surface area contributed by atoms with E-state index in [0.29, 0.717) is 37.5 Å².